The van der Waals surface area contributed by atoms with E-state index in [9.17, 15) is 13.5 Å². The number of rotatable bonds is 2. The van der Waals surface area contributed by atoms with Gasteiger partial charge in [-0.1, -0.05) is 0 Å². The fourth-order valence-electron chi connectivity index (χ4n) is 1.57. The van der Waals surface area contributed by atoms with Gasteiger partial charge in [0.2, 0.25) is 0 Å². The van der Waals surface area contributed by atoms with E-state index in [0.717, 1.165) is 10.7 Å². The fourth-order valence-corrected chi connectivity index (χ4v) is 5.12. The first-order valence-electron chi connectivity index (χ1n) is 4.57. The largest absolute Gasteiger partial charge is 0.468 e. The molecule has 2 heterocycles. The zero-order valence-corrected chi connectivity index (χ0v) is 9.85. The lowest BCUT2D eigenvalue weighted by Gasteiger charge is -2.10. The number of hydrogen-bond acceptors (Lipinski definition) is 5. The zero-order valence-electron chi connectivity index (χ0n) is 8.21. The van der Waals surface area contributed by atoms with Crippen LogP contribution in [0.15, 0.2) is 21.6 Å². The minimum absolute atomic E-state index is 0.0451. The van der Waals surface area contributed by atoms with Gasteiger partial charge in [0.05, 0.1) is 29.1 Å². The maximum Gasteiger partial charge on any atom is 0.154 e. The molecule has 1 aliphatic heterocycles. The van der Waals surface area contributed by atoms with E-state index in [-0.39, 0.29) is 16.8 Å². The van der Waals surface area contributed by atoms with Crippen molar-refractivity contribution in [2.24, 2.45) is 0 Å². The molecule has 84 valence electrons. The molecule has 1 aliphatic rings. The molecule has 6 heteroatoms. The average molecular weight is 248 g/mol. The summed E-state index contributed by atoms with van der Waals surface area (Å²) in [6.45, 7) is 1.82. The van der Waals surface area contributed by atoms with Gasteiger partial charge >= 0.3 is 0 Å². The Balaban J connectivity index is 2.11. The van der Waals surface area contributed by atoms with E-state index in [0.29, 0.717) is 0 Å². The predicted octanol–water partition coefficient (Wildman–Crippen LogP) is 0.838. The van der Waals surface area contributed by atoms with Gasteiger partial charge < -0.3 is 9.52 Å². The lowest BCUT2D eigenvalue weighted by molar-refractivity contribution is 0.207. The number of aliphatic hydroxyl groups excluding tert-OH is 1. The summed E-state index contributed by atoms with van der Waals surface area (Å²) in [6, 6.07) is 1.79. The summed E-state index contributed by atoms with van der Waals surface area (Å²) < 4.78 is 27.6. The molecule has 1 aromatic rings. The van der Waals surface area contributed by atoms with Crippen LogP contribution in [0, 0.1) is 6.92 Å². The second kappa shape index (κ2) is 3.84. The Hall–Kier alpha value is -0.460. The molecule has 0 aliphatic carbocycles. The molecule has 1 saturated heterocycles. The molecule has 0 radical (unpaired) electrons. The van der Waals surface area contributed by atoms with Gasteiger partial charge in [-0.25, -0.2) is 8.42 Å². The maximum atomic E-state index is 11.3. The number of thioether (sulfide) groups is 1. The summed E-state index contributed by atoms with van der Waals surface area (Å²) in [5.74, 6) is 0.682. The predicted molar refractivity (Wildman–Crippen MR) is 57.8 cm³/mol. The van der Waals surface area contributed by atoms with Crippen LogP contribution in [0.5, 0.6) is 0 Å². The van der Waals surface area contributed by atoms with Crippen LogP contribution in [0.2, 0.25) is 0 Å². The molecule has 0 unspecified atom stereocenters. The maximum absolute atomic E-state index is 11.3. The Morgan fingerprint density at radius 3 is 2.73 bits per heavy atom. The molecule has 15 heavy (non-hydrogen) atoms. The van der Waals surface area contributed by atoms with Gasteiger partial charge in [-0.15, -0.1) is 11.8 Å². The first kappa shape index (κ1) is 11.0. The first-order chi connectivity index (χ1) is 6.98. The van der Waals surface area contributed by atoms with Gasteiger partial charge in [0.25, 0.3) is 0 Å². The molecule has 2 rings (SSSR count). The van der Waals surface area contributed by atoms with Crippen LogP contribution >= 0.6 is 11.8 Å². The van der Waals surface area contributed by atoms with Crippen LogP contribution in [-0.2, 0) is 9.84 Å². The molecule has 4 nitrogen and oxygen atoms in total. The first-order valence-corrected chi connectivity index (χ1v) is 7.27. The van der Waals surface area contributed by atoms with E-state index < -0.39 is 15.9 Å². The Labute approximate surface area is 92.6 Å². The molecule has 2 atom stereocenters. The van der Waals surface area contributed by atoms with Gasteiger partial charge in [0.15, 0.2) is 9.84 Å². The van der Waals surface area contributed by atoms with Crippen molar-refractivity contribution in [3.63, 3.8) is 0 Å². The second-order valence-corrected chi connectivity index (χ2v) is 7.08. The smallest absolute Gasteiger partial charge is 0.154 e. The molecule has 1 N–H and O–H groups in total. The summed E-state index contributed by atoms with van der Waals surface area (Å²) in [6.07, 6.45) is 0.794. The standard InChI is InChI=1S/C9H12O4S2/c1-6-8(2-3-13-6)14-9-5-15(11,12)4-7(9)10/h2-3,7,9-10H,4-5H2,1H3/t7-,9-/m1/s1. The van der Waals surface area contributed by atoms with Crippen LogP contribution < -0.4 is 0 Å². The molecular weight excluding hydrogens is 236 g/mol. The van der Waals surface area contributed by atoms with Crippen LogP contribution in [0.3, 0.4) is 0 Å². The molecule has 0 spiro atoms. The molecule has 0 saturated carbocycles. The van der Waals surface area contributed by atoms with Crippen molar-refractivity contribution >= 4 is 21.6 Å². The number of sulfone groups is 1. The third kappa shape index (κ3) is 2.38. The van der Waals surface area contributed by atoms with Crippen LogP contribution in [-0.4, -0.2) is 36.4 Å². The van der Waals surface area contributed by atoms with Gasteiger partial charge in [-0.2, -0.15) is 0 Å². The number of aryl methyl sites for hydroxylation is 1. The summed E-state index contributed by atoms with van der Waals surface area (Å²) in [5, 5.41) is 9.31. The van der Waals surface area contributed by atoms with E-state index in [2.05, 4.69) is 0 Å². The van der Waals surface area contributed by atoms with E-state index in [4.69, 9.17) is 4.42 Å². The highest BCUT2D eigenvalue weighted by molar-refractivity contribution is 8.02. The van der Waals surface area contributed by atoms with Gasteiger partial charge in [0, 0.05) is 4.90 Å². The van der Waals surface area contributed by atoms with Gasteiger partial charge in [-0.3, -0.25) is 0 Å². The molecular formula is C9H12O4S2. The Bertz CT molecular complexity index is 448. The fraction of sp³-hybridized carbons (Fsp3) is 0.556. The van der Waals surface area contributed by atoms with Crippen molar-refractivity contribution in [2.45, 2.75) is 23.2 Å². The van der Waals surface area contributed by atoms with Crippen molar-refractivity contribution in [2.75, 3.05) is 11.5 Å². The molecule has 0 aromatic carbocycles. The van der Waals surface area contributed by atoms with Crippen molar-refractivity contribution in [1.29, 1.82) is 0 Å². The van der Waals surface area contributed by atoms with Crippen molar-refractivity contribution < 1.29 is 17.9 Å². The lowest BCUT2D eigenvalue weighted by Crippen LogP contribution is -2.19. The Morgan fingerprint density at radius 2 is 2.27 bits per heavy atom. The molecule has 0 bridgehead atoms. The van der Waals surface area contributed by atoms with E-state index in [1.165, 1.54) is 11.8 Å². The minimum Gasteiger partial charge on any atom is -0.468 e. The van der Waals surface area contributed by atoms with Crippen molar-refractivity contribution in [1.82, 2.24) is 0 Å². The van der Waals surface area contributed by atoms with E-state index >= 15 is 0 Å². The van der Waals surface area contributed by atoms with Crippen molar-refractivity contribution in [3.05, 3.63) is 18.1 Å². The number of hydrogen-bond donors (Lipinski definition) is 1. The summed E-state index contributed by atoms with van der Waals surface area (Å²) in [5.41, 5.74) is 0. The molecule has 1 fully saturated rings. The Kier molecular flexibility index (Phi) is 2.83. The normalized spacial score (nSPS) is 29.5. The van der Waals surface area contributed by atoms with Crippen LogP contribution in [0.4, 0.5) is 0 Å². The van der Waals surface area contributed by atoms with Gasteiger partial charge in [0.1, 0.15) is 5.76 Å². The lowest BCUT2D eigenvalue weighted by atomic mass is 10.3. The quantitative estimate of drug-likeness (QED) is 0.840. The summed E-state index contributed by atoms with van der Waals surface area (Å²) in [7, 11) is -3.06. The topological polar surface area (TPSA) is 67.5 Å². The monoisotopic (exact) mass is 248 g/mol. The van der Waals surface area contributed by atoms with Crippen LogP contribution in [0.1, 0.15) is 5.76 Å². The zero-order chi connectivity index (χ0) is 11.1. The minimum atomic E-state index is -3.06. The van der Waals surface area contributed by atoms with E-state index in [1.807, 2.05) is 6.92 Å². The summed E-state index contributed by atoms with van der Waals surface area (Å²) >= 11 is 1.37. The molecule has 1 aromatic heterocycles. The average Bonchev–Trinajstić information content (AvgIpc) is 2.59. The Morgan fingerprint density at radius 1 is 1.53 bits per heavy atom. The van der Waals surface area contributed by atoms with Crippen LogP contribution in [0.25, 0.3) is 0 Å². The van der Waals surface area contributed by atoms with E-state index in [1.54, 1.807) is 12.3 Å². The number of aliphatic hydroxyl groups is 1. The highest BCUT2D eigenvalue weighted by Gasteiger charge is 2.37. The second-order valence-electron chi connectivity index (χ2n) is 3.64. The molecule has 0 amide bonds. The third-order valence-electron chi connectivity index (χ3n) is 2.36. The third-order valence-corrected chi connectivity index (χ3v) is 5.75. The SMILES string of the molecule is Cc1occc1S[C@@H]1CS(=O)(=O)C[C@H]1O. The van der Waals surface area contributed by atoms with Crippen molar-refractivity contribution in [3.8, 4) is 0 Å². The summed E-state index contributed by atoms with van der Waals surface area (Å²) in [4.78, 5) is 0.899. The highest BCUT2D eigenvalue weighted by atomic mass is 32.2. The number of furan rings is 1. The van der Waals surface area contributed by atoms with Gasteiger partial charge in [-0.05, 0) is 13.0 Å². The highest BCUT2D eigenvalue weighted by Crippen LogP contribution is 2.33.